The maximum Gasteiger partial charge on any atom is 0.227 e. The Labute approximate surface area is 168 Å². The van der Waals surface area contributed by atoms with Gasteiger partial charge >= 0.3 is 0 Å². The van der Waals surface area contributed by atoms with Gasteiger partial charge in [-0.25, -0.2) is 9.97 Å². The van der Waals surface area contributed by atoms with E-state index in [0.29, 0.717) is 22.8 Å². The molecule has 1 saturated heterocycles. The number of fused-ring (bicyclic) bond motifs is 1. The average molecular weight is 389 g/mol. The predicted molar refractivity (Wildman–Crippen MR) is 113 cm³/mol. The first kappa shape index (κ1) is 17.7. The van der Waals surface area contributed by atoms with Crippen molar-refractivity contribution in [3.05, 3.63) is 48.8 Å². The first-order valence-corrected chi connectivity index (χ1v) is 9.79. The number of rotatable bonds is 4. The fraction of sp³-hybridized carbons (Fsp3) is 0.286. The van der Waals surface area contributed by atoms with Crippen molar-refractivity contribution < 1.29 is 4.42 Å². The van der Waals surface area contributed by atoms with Gasteiger partial charge in [-0.1, -0.05) is 18.2 Å². The number of oxazole rings is 1. The average Bonchev–Trinajstić information content (AvgIpc) is 3.33. The molecule has 0 amide bonds. The van der Waals surface area contributed by atoms with E-state index in [1.54, 1.807) is 6.20 Å². The van der Waals surface area contributed by atoms with E-state index in [1.807, 2.05) is 54.3 Å². The Morgan fingerprint density at radius 3 is 2.90 bits per heavy atom. The van der Waals surface area contributed by atoms with Gasteiger partial charge in [-0.15, -0.1) is 0 Å². The first-order chi connectivity index (χ1) is 14.2. The summed E-state index contributed by atoms with van der Waals surface area (Å²) in [5.74, 6) is 2.22. The zero-order chi connectivity index (χ0) is 19.8. The zero-order valence-electron chi connectivity index (χ0n) is 16.2. The lowest BCUT2D eigenvalue weighted by atomic mass is 10.1. The second-order valence-electron chi connectivity index (χ2n) is 7.37. The van der Waals surface area contributed by atoms with Crippen LogP contribution in [-0.2, 0) is 7.05 Å². The number of aromatic nitrogens is 4. The van der Waals surface area contributed by atoms with Gasteiger partial charge in [0.1, 0.15) is 5.69 Å². The predicted octanol–water partition coefficient (Wildman–Crippen LogP) is 3.29. The third-order valence-corrected chi connectivity index (χ3v) is 5.25. The third kappa shape index (κ3) is 3.31. The van der Waals surface area contributed by atoms with Gasteiger partial charge < -0.3 is 20.4 Å². The standard InChI is InChI=1S/C21H23N7O/c1-27-21(28-11-5-8-15(22)13-28)16(12-24-27)25-19-18-17(9-10-23-19)29-20(26-18)14-6-3-2-4-7-14/h2-4,6-7,9-10,12,15H,5,8,11,13,22H2,1H3,(H,23,25). The summed E-state index contributed by atoms with van der Waals surface area (Å²) in [6.07, 6.45) is 5.66. The Balaban J connectivity index is 1.51. The minimum Gasteiger partial charge on any atom is -0.436 e. The summed E-state index contributed by atoms with van der Waals surface area (Å²) in [5.41, 5.74) is 9.38. The second kappa shape index (κ2) is 7.21. The van der Waals surface area contributed by atoms with Crippen LogP contribution in [0.15, 0.2) is 53.2 Å². The van der Waals surface area contributed by atoms with Crippen molar-refractivity contribution in [1.82, 2.24) is 19.7 Å². The molecular weight excluding hydrogens is 366 g/mol. The fourth-order valence-electron chi connectivity index (χ4n) is 3.88. The molecule has 0 spiro atoms. The number of nitrogens with one attached hydrogen (secondary N) is 1. The molecule has 8 heteroatoms. The van der Waals surface area contributed by atoms with Gasteiger partial charge in [0, 0.05) is 44.0 Å². The zero-order valence-corrected chi connectivity index (χ0v) is 16.2. The third-order valence-electron chi connectivity index (χ3n) is 5.25. The van der Waals surface area contributed by atoms with Crippen molar-refractivity contribution in [2.75, 3.05) is 23.3 Å². The summed E-state index contributed by atoms with van der Waals surface area (Å²) in [6, 6.07) is 11.9. The lowest BCUT2D eigenvalue weighted by molar-refractivity contribution is 0.497. The molecule has 29 heavy (non-hydrogen) atoms. The topological polar surface area (TPSA) is 98.0 Å². The summed E-state index contributed by atoms with van der Waals surface area (Å²) in [6.45, 7) is 1.77. The first-order valence-electron chi connectivity index (χ1n) is 9.79. The fourth-order valence-corrected chi connectivity index (χ4v) is 3.88. The minimum absolute atomic E-state index is 0.178. The number of aryl methyl sites for hydroxylation is 1. The summed E-state index contributed by atoms with van der Waals surface area (Å²) in [4.78, 5) is 11.5. The summed E-state index contributed by atoms with van der Waals surface area (Å²) >= 11 is 0. The van der Waals surface area contributed by atoms with Crippen LogP contribution < -0.4 is 16.0 Å². The molecular formula is C21H23N7O. The van der Waals surface area contributed by atoms with Crippen molar-refractivity contribution >= 4 is 28.4 Å². The quantitative estimate of drug-likeness (QED) is 0.553. The van der Waals surface area contributed by atoms with Crippen molar-refractivity contribution in [2.24, 2.45) is 12.8 Å². The molecule has 1 aliphatic heterocycles. The smallest absolute Gasteiger partial charge is 0.227 e. The molecule has 1 atom stereocenters. The van der Waals surface area contributed by atoms with Crippen molar-refractivity contribution in [1.29, 1.82) is 0 Å². The molecule has 4 heterocycles. The van der Waals surface area contributed by atoms with Gasteiger partial charge in [0.15, 0.2) is 22.7 Å². The number of pyridine rings is 1. The normalized spacial score (nSPS) is 17.0. The van der Waals surface area contributed by atoms with E-state index in [4.69, 9.17) is 10.2 Å². The number of piperidine rings is 1. The molecule has 8 nitrogen and oxygen atoms in total. The summed E-state index contributed by atoms with van der Waals surface area (Å²) < 4.78 is 7.83. The number of anilines is 3. The Morgan fingerprint density at radius 2 is 2.07 bits per heavy atom. The van der Waals surface area contributed by atoms with Gasteiger partial charge in [-0.2, -0.15) is 5.10 Å². The molecule has 1 fully saturated rings. The van der Waals surface area contributed by atoms with E-state index in [9.17, 15) is 0 Å². The monoisotopic (exact) mass is 389 g/mol. The minimum atomic E-state index is 0.178. The van der Waals surface area contributed by atoms with Gasteiger partial charge in [-0.05, 0) is 25.0 Å². The van der Waals surface area contributed by atoms with Gasteiger partial charge in [0.05, 0.1) is 6.20 Å². The lowest BCUT2D eigenvalue weighted by Gasteiger charge is -2.33. The number of hydrogen-bond donors (Lipinski definition) is 2. The number of nitrogens with two attached hydrogens (primary N) is 1. The number of nitrogens with zero attached hydrogens (tertiary/aromatic N) is 5. The lowest BCUT2D eigenvalue weighted by Crippen LogP contribution is -2.43. The van der Waals surface area contributed by atoms with E-state index in [-0.39, 0.29) is 6.04 Å². The highest BCUT2D eigenvalue weighted by Crippen LogP contribution is 2.33. The SMILES string of the molecule is Cn1ncc(Nc2nccc3oc(-c4ccccc4)nc23)c1N1CCCC(N)C1. The molecule has 1 unspecified atom stereocenters. The molecule has 0 saturated carbocycles. The van der Waals surface area contributed by atoms with E-state index >= 15 is 0 Å². The molecule has 5 rings (SSSR count). The summed E-state index contributed by atoms with van der Waals surface area (Å²) in [7, 11) is 1.94. The van der Waals surface area contributed by atoms with Crippen molar-refractivity contribution in [2.45, 2.75) is 18.9 Å². The molecule has 1 aromatic carbocycles. The van der Waals surface area contributed by atoms with E-state index in [2.05, 4.69) is 25.3 Å². The Bertz CT molecular complexity index is 1130. The van der Waals surface area contributed by atoms with Gasteiger partial charge in [0.2, 0.25) is 5.89 Å². The van der Waals surface area contributed by atoms with E-state index in [1.165, 1.54) is 0 Å². The number of hydrogen-bond acceptors (Lipinski definition) is 7. The molecule has 3 aromatic heterocycles. The maximum absolute atomic E-state index is 6.19. The van der Waals surface area contributed by atoms with Gasteiger partial charge in [0.25, 0.3) is 0 Å². The molecule has 3 N–H and O–H groups in total. The summed E-state index contributed by atoms with van der Waals surface area (Å²) in [5, 5.41) is 7.86. The van der Waals surface area contributed by atoms with Crippen LogP contribution in [0.25, 0.3) is 22.6 Å². The van der Waals surface area contributed by atoms with Crippen LogP contribution in [0.3, 0.4) is 0 Å². The molecule has 4 aromatic rings. The molecule has 1 aliphatic rings. The van der Waals surface area contributed by atoms with Crippen LogP contribution in [0.5, 0.6) is 0 Å². The number of benzene rings is 1. The molecule has 148 valence electrons. The van der Waals surface area contributed by atoms with Crippen LogP contribution in [0.4, 0.5) is 17.3 Å². The van der Waals surface area contributed by atoms with Crippen LogP contribution in [0.2, 0.25) is 0 Å². The van der Waals surface area contributed by atoms with Crippen molar-refractivity contribution in [3.63, 3.8) is 0 Å². The Hall–Kier alpha value is -3.39. The highest BCUT2D eigenvalue weighted by Gasteiger charge is 2.23. The highest BCUT2D eigenvalue weighted by molar-refractivity contribution is 5.89. The highest BCUT2D eigenvalue weighted by atomic mass is 16.3. The van der Waals surface area contributed by atoms with Crippen molar-refractivity contribution in [3.8, 4) is 11.5 Å². The maximum atomic E-state index is 6.19. The largest absolute Gasteiger partial charge is 0.436 e. The van der Waals surface area contributed by atoms with Crippen LogP contribution in [0.1, 0.15) is 12.8 Å². The van der Waals surface area contributed by atoms with Crippen LogP contribution >= 0.6 is 0 Å². The van der Waals surface area contributed by atoms with Crippen LogP contribution in [0, 0.1) is 0 Å². The van der Waals surface area contributed by atoms with Gasteiger partial charge in [-0.3, -0.25) is 4.68 Å². The Morgan fingerprint density at radius 1 is 1.21 bits per heavy atom. The van der Waals surface area contributed by atoms with E-state index < -0.39 is 0 Å². The Kier molecular flexibility index (Phi) is 4.40. The second-order valence-corrected chi connectivity index (χ2v) is 7.37. The molecule has 0 bridgehead atoms. The van der Waals surface area contributed by atoms with Crippen LogP contribution in [-0.4, -0.2) is 38.9 Å². The van der Waals surface area contributed by atoms with E-state index in [0.717, 1.165) is 43.0 Å². The molecule has 0 radical (unpaired) electrons. The molecule has 0 aliphatic carbocycles.